The number of hydrogen-bond acceptors (Lipinski definition) is 2. The predicted octanol–water partition coefficient (Wildman–Crippen LogP) is 6.20. The van der Waals surface area contributed by atoms with Crippen LogP contribution >= 0.6 is 0 Å². The molecule has 0 spiro atoms. The minimum absolute atomic E-state index is 0.306. The van der Waals surface area contributed by atoms with E-state index in [1.54, 1.807) is 0 Å². The summed E-state index contributed by atoms with van der Waals surface area (Å²) in [6.07, 6.45) is 4.91. The molecule has 0 atom stereocenters. The van der Waals surface area contributed by atoms with Crippen LogP contribution in [0.1, 0.15) is 24.8 Å². The number of Topliss-reactive ketones (excluding diaryl/α,β-unsaturated/α-hetero) is 1. The molecule has 1 heterocycles. The number of aryl methyl sites for hydroxylation is 1. The van der Waals surface area contributed by atoms with Crippen molar-refractivity contribution in [3.63, 3.8) is 0 Å². The van der Waals surface area contributed by atoms with E-state index in [2.05, 4.69) is 41.0 Å². The van der Waals surface area contributed by atoms with Gasteiger partial charge in [0.15, 0.2) is 0 Å². The van der Waals surface area contributed by atoms with Crippen molar-refractivity contribution in [3.05, 3.63) is 103 Å². The van der Waals surface area contributed by atoms with E-state index in [1.165, 1.54) is 0 Å². The smallest absolute Gasteiger partial charge is 0.137 e. The first-order chi connectivity index (χ1) is 14.8. The molecule has 4 aromatic rings. The molecular formula is C27H26N2O. The number of carbonyl (C=O) groups is 1. The molecule has 3 aromatic carbocycles. The van der Waals surface area contributed by atoms with Crippen LogP contribution < -0.4 is 0 Å². The SMILES string of the molecule is O=C(CCCCn1cnc(-c2ccccc2)c1-c1ccccc1)Cc1ccccc1. The number of rotatable bonds is 9. The standard InChI is InChI=1S/C27H26N2O/c30-25(20-22-12-4-1-5-13-22)18-10-11-19-29-21-28-26(23-14-6-2-7-15-23)27(29)24-16-8-3-9-17-24/h1-9,12-17,21H,10-11,18-20H2. The van der Waals surface area contributed by atoms with Gasteiger partial charge in [0.1, 0.15) is 5.78 Å². The molecule has 1 aromatic heterocycles. The third kappa shape index (κ3) is 4.93. The molecule has 0 amide bonds. The average Bonchev–Trinajstić information content (AvgIpc) is 3.22. The molecule has 3 nitrogen and oxygen atoms in total. The van der Waals surface area contributed by atoms with E-state index in [1.807, 2.05) is 60.9 Å². The molecule has 0 radical (unpaired) electrons. The lowest BCUT2D eigenvalue weighted by Crippen LogP contribution is -2.04. The third-order valence-electron chi connectivity index (χ3n) is 5.28. The normalized spacial score (nSPS) is 10.8. The lowest BCUT2D eigenvalue weighted by Gasteiger charge is -2.11. The first-order valence-electron chi connectivity index (χ1n) is 10.5. The number of unbranched alkanes of at least 4 members (excludes halogenated alkanes) is 1. The molecule has 150 valence electrons. The van der Waals surface area contributed by atoms with Crippen molar-refractivity contribution >= 4 is 5.78 Å². The average molecular weight is 395 g/mol. The van der Waals surface area contributed by atoms with Gasteiger partial charge in [-0.3, -0.25) is 4.79 Å². The number of ketones is 1. The monoisotopic (exact) mass is 394 g/mol. The molecule has 4 rings (SSSR count). The molecule has 0 bridgehead atoms. The van der Waals surface area contributed by atoms with Crippen molar-refractivity contribution < 1.29 is 4.79 Å². The molecule has 0 saturated heterocycles. The summed E-state index contributed by atoms with van der Waals surface area (Å²) in [5.74, 6) is 0.306. The minimum Gasteiger partial charge on any atom is -0.330 e. The summed E-state index contributed by atoms with van der Waals surface area (Å²) < 4.78 is 2.22. The van der Waals surface area contributed by atoms with Gasteiger partial charge < -0.3 is 4.57 Å². The Kier molecular flexibility index (Phi) is 6.51. The zero-order valence-electron chi connectivity index (χ0n) is 17.1. The van der Waals surface area contributed by atoms with E-state index in [-0.39, 0.29) is 0 Å². The molecule has 3 heteroatoms. The first kappa shape index (κ1) is 19.8. The van der Waals surface area contributed by atoms with Crippen LogP contribution in [0.25, 0.3) is 22.5 Å². The number of carbonyl (C=O) groups excluding carboxylic acids is 1. The van der Waals surface area contributed by atoms with Crippen LogP contribution in [0.4, 0.5) is 0 Å². The summed E-state index contributed by atoms with van der Waals surface area (Å²) in [5, 5.41) is 0. The summed E-state index contributed by atoms with van der Waals surface area (Å²) in [7, 11) is 0. The van der Waals surface area contributed by atoms with Crippen LogP contribution in [0.15, 0.2) is 97.3 Å². The molecule has 0 aliphatic rings. The molecule has 0 saturated carbocycles. The molecule has 0 aliphatic carbocycles. The van der Waals surface area contributed by atoms with Gasteiger partial charge in [0.25, 0.3) is 0 Å². The van der Waals surface area contributed by atoms with Crippen molar-refractivity contribution in [2.24, 2.45) is 0 Å². The van der Waals surface area contributed by atoms with Crippen molar-refractivity contribution in [2.45, 2.75) is 32.2 Å². The van der Waals surface area contributed by atoms with E-state index in [4.69, 9.17) is 4.98 Å². The summed E-state index contributed by atoms with van der Waals surface area (Å²) in [5.41, 5.74) is 5.51. The highest BCUT2D eigenvalue weighted by Gasteiger charge is 2.14. The van der Waals surface area contributed by atoms with Crippen molar-refractivity contribution in [1.82, 2.24) is 9.55 Å². The van der Waals surface area contributed by atoms with Gasteiger partial charge in [0, 0.05) is 30.5 Å². The number of imidazole rings is 1. The lowest BCUT2D eigenvalue weighted by molar-refractivity contribution is -0.118. The number of aromatic nitrogens is 2. The van der Waals surface area contributed by atoms with Gasteiger partial charge in [-0.2, -0.15) is 0 Å². The maximum Gasteiger partial charge on any atom is 0.137 e. The first-order valence-corrected chi connectivity index (χ1v) is 10.5. The van der Waals surface area contributed by atoms with Crippen molar-refractivity contribution in [2.75, 3.05) is 0 Å². The highest BCUT2D eigenvalue weighted by molar-refractivity contribution is 5.81. The Morgan fingerprint density at radius 3 is 2.00 bits per heavy atom. The van der Waals surface area contributed by atoms with Gasteiger partial charge in [-0.1, -0.05) is 91.0 Å². The van der Waals surface area contributed by atoms with Gasteiger partial charge in [-0.25, -0.2) is 4.98 Å². The topological polar surface area (TPSA) is 34.9 Å². The summed E-state index contributed by atoms with van der Waals surface area (Å²) in [6.45, 7) is 0.850. The van der Waals surface area contributed by atoms with Gasteiger partial charge in [0.2, 0.25) is 0 Å². The van der Waals surface area contributed by atoms with E-state index in [0.29, 0.717) is 18.6 Å². The zero-order valence-corrected chi connectivity index (χ0v) is 17.1. The second-order valence-electron chi connectivity index (χ2n) is 7.53. The van der Waals surface area contributed by atoms with Crippen molar-refractivity contribution in [3.8, 4) is 22.5 Å². The summed E-state index contributed by atoms with van der Waals surface area (Å²) in [4.78, 5) is 17.0. The fourth-order valence-electron chi connectivity index (χ4n) is 3.77. The zero-order chi connectivity index (χ0) is 20.6. The lowest BCUT2D eigenvalue weighted by atomic mass is 10.0. The molecule has 0 fully saturated rings. The van der Waals surface area contributed by atoms with Gasteiger partial charge in [-0.15, -0.1) is 0 Å². The van der Waals surface area contributed by atoms with Crippen LogP contribution in [0.2, 0.25) is 0 Å². The van der Waals surface area contributed by atoms with Crippen molar-refractivity contribution in [1.29, 1.82) is 0 Å². The Morgan fingerprint density at radius 2 is 1.33 bits per heavy atom. The van der Waals surface area contributed by atoms with Crippen LogP contribution in [0.5, 0.6) is 0 Å². The Labute approximate surface area is 178 Å². The van der Waals surface area contributed by atoms with E-state index >= 15 is 0 Å². The largest absolute Gasteiger partial charge is 0.330 e. The Balaban J connectivity index is 1.43. The second-order valence-corrected chi connectivity index (χ2v) is 7.53. The van der Waals surface area contributed by atoms with Crippen LogP contribution in [0, 0.1) is 0 Å². The molecule has 30 heavy (non-hydrogen) atoms. The van der Waals surface area contributed by atoms with Gasteiger partial charge in [0.05, 0.1) is 17.7 Å². The van der Waals surface area contributed by atoms with Crippen LogP contribution in [-0.2, 0) is 17.8 Å². The van der Waals surface area contributed by atoms with Crippen LogP contribution in [-0.4, -0.2) is 15.3 Å². The predicted molar refractivity (Wildman–Crippen MR) is 122 cm³/mol. The van der Waals surface area contributed by atoms with E-state index < -0.39 is 0 Å². The highest BCUT2D eigenvalue weighted by Crippen LogP contribution is 2.31. The third-order valence-corrected chi connectivity index (χ3v) is 5.28. The Bertz CT molecular complexity index is 1070. The second kappa shape index (κ2) is 9.84. The van der Waals surface area contributed by atoms with Gasteiger partial charge in [-0.05, 0) is 18.4 Å². The summed E-state index contributed by atoms with van der Waals surface area (Å²) >= 11 is 0. The Hall–Kier alpha value is -3.46. The number of benzene rings is 3. The number of nitrogens with zero attached hydrogens (tertiary/aromatic N) is 2. The fourth-order valence-corrected chi connectivity index (χ4v) is 3.77. The van der Waals surface area contributed by atoms with E-state index in [0.717, 1.165) is 47.5 Å². The molecule has 0 unspecified atom stereocenters. The van der Waals surface area contributed by atoms with Gasteiger partial charge >= 0.3 is 0 Å². The van der Waals surface area contributed by atoms with E-state index in [9.17, 15) is 4.79 Å². The minimum atomic E-state index is 0.306. The molecular weight excluding hydrogens is 368 g/mol. The molecule has 0 N–H and O–H groups in total. The quantitative estimate of drug-likeness (QED) is 0.317. The maximum absolute atomic E-state index is 12.3. The highest BCUT2D eigenvalue weighted by atomic mass is 16.1. The maximum atomic E-state index is 12.3. The van der Waals surface area contributed by atoms with Crippen LogP contribution in [0.3, 0.4) is 0 Å². The Morgan fingerprint density at radius 1 is 0.733 bits per heavy atom. The fraction of sp³-hybridized carbons (Fsp3) is 0.185. The molecule has 0 aliphatic heterocycles. The number of hydrogen-bond donors (Lipinski definition) is 0. The summed E-state index contributed by atoms with van der Waals surface area (Å²) in [6, 6.07) is 30.7.